The zero-order valence-corrected chi connectivity index (χ0v) is 15.0. The second-order valence-corrected chi connectivity index (χ2v) is 6.43. The molecule has 1 aromatic heterocycles. The smallest absolute Gasteiger partial charge is 0.255 e. The molecule has 0 unspecified atom stereocenters. The first-order valence-electron chi connectivity index (χ1n) is 9.07. The van der Waals surface area contributed by atoms with E-state index in [-0.39, 0.29) is 5.91 Å². The van der Waals surface area contributed by atoms with Crippen LogP contribution in [0.5, 0.6) is 11.5 Å². The van der Waals surface area contributed by atoms with Crippen LogP contribution in [0, 0.1) is 0 Å². The van der Waals surface area contributed by atoms with E-state index in [2.05, 4.69) is 22.0 Å². The number of piperazine rings is 1. The van der Waals surface area contributed by atoms with Gasteiger partial charge in [-0.2, -0.15) is 0 Å². The number of aromatic nitrogens is 1. The van der Waals surface area contributed by atoms with Gasteiger partial charge in [0.05, 0.1) is 5.56 Å². The summed E-state index contributed by atoms with van der Waals surface area (Å²) in [5.41, 5.74) is 1.79. The first-order valence-corrected chi connectivity index (χ1v) is 9.07. The molecule has 0 N–H and O–H groups in total. The van der Waals surface area contributed by atoms with Gasteiger partial charge in [0, 0.05) is 44.3 Å². The van der Waals surface area contributed by atoms with Crippen molar-refractivity contribution < 1.29 is 9.53 Å². The largest absolute Gasteiger partial charge is 0.457 e. The number of anilines is 1. The molecule has 0 spiro atoms. The van der Waals surface area contributed by atoms with Gasteiger partial charge in [0.2, 0.25) is 0 Å². The predicted molar refractivity (Wildman–Crippen MR) is 105 cm³/mol. The van der Waals surface area contributed by atoms with Gasteiger partial charge in [-0.15, -0.1) is 0 Å². The lowest BCUT2D eigenvalue weighted by molar-refractivity contribution is 0.0746. The molecule has 0 saturated carbocycles. The lowest BCUT2D eigenvalue weighted by Crippen LogP contribution is -2.48. The third-order valence-corrected chi connectivity index (χ3v) is 4.66. The van der Waals surface area contributed by atoms with Crippen LogP contribution in [0.1, 0.15) is 10.4 Å². The Morgan fingerprint density at radius 2 is 1.52 bits per heavy atom. The predicted octanol–water partition coefficient (Wildman–Crippen LogP) is 3.84. The molecule has 2 aromatic carbocycles. The van der Waals surface area contributed by atoms with Crippen LogP contribution in [0.3, 0.4) is 0 Å². The van der Waals surface area contributed by atoms with Crippen LogP contribution in [0.25, 0.3) is 0 Å². The Kier molecular flexibility index (Phi) is 5.01. The number of hydrogen-bond donors (Lipinski definition) is 0. The van der Waals surface area contributed by atoms with Gasteiger partial charge in [0.15, 0.2) is 0 Å². The summed E-state index contributed by atoms with van der Waals surface area (Å²) in [6, 6.07) is 21.5. The highest BCUT2D eigenvalue weighted by Gasteiger charge is 2.22. The second kappa shape index (κ2) is 7.91. The Labute approximate surface area is 158 Å². The van der Waals surface area contributed by atoms with Crippen molar-refractivity contribution in [1.29, 1.82) is 0 Å². The first-order chi connectivity index (χ1) is 13.3. The normalized spacial score (nSPS) is 14.1. The Morgan fingerprint density at radius 3 is 2.19 bits per heavy atom. The summed E-state index contributed by atoms with van der Waals surface area (Å²) in [6.45, 7) is 3.03. The average Bonchev–Trinajstić information content (AvgIpc) is 2.75. The van der Waals surface area contributed by atoms with Crippen molar-refractivity contribution in [3.63, 3.8) is 0 Å². The third kappa shape index (κ3) is 4.08. The molecule has 2 heterocycles. The number of rotatable bonds is 4. The molecule has 5 nitrogen and oxygen atoms in total. The summed E-state index contributed by atoms with van der Waals surface area (Å²) in [5, 5.41) is 0. The molecule has 1 aliphatic heterocycles. The average molecular weight is 359 g/mol. The highest BCUT2D eigenvalue weighted by atomic mass is 16.5. The summed E-state index contributed by atoms with van der Waals surface area (Å²) in [7, 11) is 0. The summed E-state index contributed by atoms with van der Waals surface area (Å²) in [4.78, 5) is 20.7. The van der Waals surface area contributed by atoms with Gasteiger partial charge >= 0.3 is 0 Å². The van der Waals surface area contributed by atoms with Crippen LogP contribution in [-0.2, 0) is 0 Å². The van der Waals surface area contributed by atoms with E-state index >= 15 is 0 Å². The highest BCUT2D eigenvalue weighted by molar-refractivity contribution is 5.94. The number of carbonyl (C=O) groups is 1. The minimum atomic E-state index is 0.0503. The van der Waals surface area contributed by atoms with Crippen LogP contribution in [-0.4, -0.2) is 42.0 Å². The number of benzene rings is 2. The van der Waals surface area contributed by atoms with Gasteiger partial charge < -0.3 is 14.5 Å². The van der Waals surface area contributed by atoms with E-state index in [1.54, 1.807) is 18.5 Å². The number of amides is 1. The number of carbonyl (C=O) groups excluding carboxylic acids is 1. The fourth-order valence-corrected chi connectivity index (χ4v) is 3.19. The SMILES string of the molecule is O=C(c1cccnc1)N1CCN(c2ccc(Oc3ccccc3)cc2)CC1. The summed E-state index contributed by atoms with van der Waals surface area (Å²) in [6.07, 6.45) is 3.31. The van der Waals surface area contributed by atoms with Gasteiger partial charge in [0.1, 0.15) is 11.5 Å². The maximum atomic E-state index is 12.5. The molecular weight excluding hydrogens is 338 g/mol. The van der Waals surface area contributed by atoms with Gasteiger partial charge in [-0.1, -0.05) is 18.2 Å². The molecule has 4 rings (SSSR count). The van der Waals surface area contributed by atoms with E-state index < -0.39 is 0 Å². The molecule has 1 saturated heterocycles. The first kappa shape index (κ1) is 17.1. The topological polar surface area (TPSA) is 45.7 Å². The molecule has 27 heavy (non-hydrogen) atoms. The van der Waals surface area contributed by atoms with Crippen molar-refractivity contribution in [2.24, 2.45) is 0 Å². The number of pyridine rings is 1. The Bertz CT molecular complexity index is 874. The molecule has 1 aliphatic rings. The maximum absolute atomic E-state index is 12.5. The van der Waals surface area contributed by atoms with Crippen molar-refractivity contribution in [2.75, 3.05) is 31.1 Å². The molecule has 0 aliphatic carbocycles. The Morgan fingerprint density at radius 1 is 0.815 bits per heavy atom. The molecular formula is C22H21N3O2. The minimum absolute atomic E-state index is 0.0503. The van der Waals surface area contributed by atoms with Crippen LogP contribution in [0.2, 0.25) is 0 Å². The monoisotopic (exact) mass is 359 g/mol. The maximum Gasteiger partial charge on any atom is 0.255 e. The quantitative estimate of drug-likeness (QED) is 0.710. The summed E-state index contributed by atoms with van der Waals surface area (Å²) < 4.78 is 5.84. The number of hydrogen-bond acceptors (Lipinski definition) is 4. The summed E-state index contributed by atoms with van der Waals surface area (Å²) >= 11 is 0. The minimum Gasteiger partial charge on any atom is -0.457 e. The third-order valence-electron chi connectivity index (χ3n) is 4.66. The molecule has 0 radical (unpaired) electrons. The van der Waals surface area contributed by atoms with E-state index in [4.69, 9.17) is 4.74 Å². The van der Waals surface area contributed by atoms with Crippen molar-refractivity contribution >= 4 is 11.6 Å². The fraction of sp³-hybridized carbons (Fsp3) is 0.182. The Balaban J connectivity index is 1.35. The highest BCUT2D eigenvalue weighted by Crippen LogP contribution is 2.25. The van der Waals surface area contributed by atoms with Gasteiger partial charge in [-0.25, -0.2) is 0 Å². The van der Waals surface area contributed by atoms with Crippen LogP contribution in [0.4, 0.5) is 5.69 Å². The van der Waals surface area contributed by atoms with Gasteiger partial charge in [-0.05, 0) is 48.5 Å². The summed E-state index contributed by atoms with van der Waals surface area (Å²) in [5.74, 6) is 1.69. The van der Waals surface area contributed by atoms with Gasteiger partial charge in [-0.3, -0.25) is 9.78 Å². The molecule has 1 fully saturated rings. The van der Waals surface area contributed by atoms with E-state index in [1.165, 1.54) is 0 Å². The van der Waals surface area contributed by atoms with E-state index in [1.807, 2.05) is 53.4 Å². The fourth-order valence-electron chi connectivity index (χ4n) is 3.19. The Hall–Kier alpha value is -3.34. The zero-order chi connectivity index (χ0) is 18.5. The number of para-hydroxylation sites is 1. The van der Waals surface area contributed by atoms with Crippen molar-refractivity contribution in [1.82, 2.24) is 9.88 Å². The molecule has 1 amide bonds. The number of ether oxygens (including phenoxy) is 1. The lowest BCUT2D eigenvalue weighted by atomic mass is 10.2. The standard InChI is InChI=1S/C22H21N3O2/c26-22(18-5-4-12-23-17-18)25-15-13-24(14-16-25)19-8-10-21(11-9-19)27-20-6-2-1-3-7-20/h1-12,17H,13-16H2. The zero-order valence-electron chi connectivity index (χ0n) is 15.0. The van der Waals surface area contributed by atoms with Crippen LogP contribution < -0.4 is 9.64 Å². The van der Waals surface area contributed by atoms with Crippen molar-refractivity contribution in [3.05, 3.63) is 84.7 Å². The molecule has 0 bridgehead atoms. The van der Waals surface area contributed by atoms with Crippen molar-refractivity contribution in [3.8, 4) is 11.5 Å². The van der Waals surface area contributed by atoms with Crippen molar-refractivity contribution in [2.45, 2.75) is 0 Å². The number of nitrogens with zero attached hydrogens (tertiary/aromatic N) is 3. The van der Waals surface area contributed by atoms with E-state index in [0.29, 0.717) is 18.7 Å². The molecule has 3 aromatic rings. The van der Waals surface area contributed by atoms with E-state index in [9.17, 15) is 4.79 Å². The molecule has 0 atom stereocenters. The van der Waals surface area contributed by atoms with Crippen LogP contribution >= 0.6 is 0 Å². The molecule has 5 heteroatoms. The second-order valence-electron chi connectivity index (χ2n) is 6.43. The molecule has 136 valence electrons. The van der Waals surface area contributed by atoms with E-state index in [0.717, 1.165) is 30.3 Å². The lowest BCUT2D eigenvalue weighted by Gasteiger charge is -2.36. The van der Waals surface area contributed by atoms with Gasteiger partial charge in [0.25, 0.3) is 5.91 Å². The van der Waals surface area contributed by atoms with Crippen LogP contribution in [0.15, 0.2) is 79.1 Å².